The fourth-order valence-electron chi connectivity index (χ4n) is 2.69. The van der Waals surface area contributed by atoms with Crippen molar-refractivity contribution >= 4 is 29.0 Å². The van der Waals surface area contributed by atoms with Gasteiger partial charge in [0.25, 0.3) is 5.91 Å². The van der Waals surface area contributed by atoms with Crippen LogP contribution in [0.1, 0.15) is 16.9 Å². The predicted octanol–water partition coefficient (Wildman–Crippen LogP) is 1.90. The second kappa shape index (κ2) is 6.27. The molecule has 0 saturated carbocycles. The van der Waals surface area contributed by atoms with E-state index in [9.17, 15) is 4.79 Å². The third-order valence-electron chi connectivity index (χ3n) is 3.92. The number of aromatic nitrogens is 2. The highest BCUT2D eigenvalue weighted by atomic mass is 35.5. The van der Waals surface area contributed by atoms with Crippen molar-refractivity contribution in [3.05, 3.63) is 41.0 Å². The van der Waals surface area contributed by atoms with E-state index in [1.807, 2.05) is 18.2 Å². The molecule has 2 aromatic rings. The maximum atomic E-state index is 12.1. The molecular formula is C15H18ClN5O. The maximum absolute atomic E-state index is 12.1. The molecule has 1 amide bonds. The Balaban J connectivity index is 1.53. The lowest BCUT2D eigenvalue weighted by Crippen LogP contribution is -2.31. The van der Waals surface area contributed by atoms with Gasteiger partial charge in [-0.25, -0.2) is 0 Å². The molecule has 4 N–H and O–H groups in total. The Hall–Kier alpha value is -2.21. The first-order valence-electron chi connectivity index (χ1n) is 7.22. The summed E-state index contributed by atoms with van der Waals surface area (Å²) in [6.07, 6.45) is 1.05. The molecule has 0 radical (unpaired) electrons. The number of amides is 1. The Bertz CT molecular complexity index is 657. The van der Waals surface area contributed by atoms with Crippen LogP contribution in [0, 0.1) is 5.92 Å². The van der Waals surface area contributed by atoms with Crippen LogP contribution >= 0.6 is 11.6 Å². The van der Waals surface area contributed by atoms with Crippen molar-refractivity contribution in [1.29, 1.82) is 0 Å². The van der Waals surface area contributed by atoms with Crippen LogP contribution in [0.2, 0.25) is 5.02 Å². The Morgan fingerprint density at radius 1 is 1.45 bits per heavy atom. The molecule has 1 saturated heterocycles. The molecule has 0 bridgehead atoms. The highest BCUT2D eigenvalue weighted by Crippen LogP contribution is 2.23. The van der Waals surface area contributed by atoms with E-state index in [2.05, 4.69) is 32.5 Å². The van der Waals surface area contributed by atoms with Crippen molar-refractivity contribution in [3.8, 4) is 0 Å². The van der Waals surface area contributed by atoms with Gasteiger partial charge in [0, 0.05) is 25.3 Å². The fraction of sp³-hybridized carbons (Fsp3) is 0.333. The second-order valence-corrected chi connectivity index (χ2v) is 5.82. The molecule has 0 aliphatic carbocycles. The number of carbonyl (C=O) groups is 1. The summed E-state index contributed by atoms with van der Waals surface area (Å²) in [6.45, 7) is 2.54. The monoisotopic (exact) mass is 319 g/mol. The van der Waals surface area contributed by atoms with Gasteiger partial charge < -0.3 is 16.0 Å². The van der Waals surface area contributed by atoms with Gasteiger partial charge in [-0.05, 0) is 24.5 Å². The molecule has 7 heteroatoms. The third-order valence-corrected chi connectivity index (χ3v) is 4.30. The summed E-state index contributed by atoms with van der Waals surface area (Å²) in [5.74, 6) is 0.290. The molecule has 1 aliphatic rings. The number of anilines is 2. The topological polar surface area (TPSA) is 87.0 Å². The lowest BCUT2D eigenvalue weighted by molar-refractivity contribution is 0.0943. The van der Waals surface area contributed by atoms with Crippen molar-refractivity contribution in [2.24, 2.45) is 5.92 Å². The van der Waals surface area contributed by atoms with Gasteiger partial charge in [-0.2, -0.15) is 5.10 Å². The lowest BCUT2D eigenvalue weighted by atomic mass is 10.1. The number of aromatic amines is 1. The van der Waals surface area contributed by atoms with Crippen molar-refractivity contribution in [2.75, 3.05) is 30.3 Å². The highest BCUT2D eigenvalue weighted by Gasteiger charge is 2.24. The number of para-hydroxylation sites is 1. The molecule has 1 fully saturated rings. The minimum Gasteiger partial charge on any atom is -0.381 e. The number of carbonyl (C=O) groups excluding carboxylic acids is 1. The number of hydrogen-bond donors (Lipinski definition) is 3. The number of halogens is 1. The Morgan fingerprint density at radius 3 is 2.91 bits per heavy atom. The Labute approximate surface area is 133 Å². The highest BCUT2D eigenvalue weighted by molar-refractivity contribution is 6.35. The molecule has 1 aromatic heterocycles. The number of nitrogens with two attached hydrogens (primary N) is 1. The molecule has 3 rings (SSSR count). The first-order chi connectivity index (χ1) is 10.6. The quantitative estimate of drug-likeness (QED) is 0.803. The Morgan fingerprint density at radius 2 is 2.23 bits per heavy atom. The average molecular weight is 320 g/mol. The number of nitrogen functional groups attached to an aromatic ring is 1. The lowest BCUT2D eigenvalue weighted by Gasteiger charge is -2.18. The van der Waals surface area contributed by atoms with Gasteiger partial charge in [-0.3, -0.25) is 9.89 Å². The molecule has 22 heavy (non-hydrogen) atoms. The molecule has 1 atom stereocenters. The SMILES string of the molecule is Nc1n[nH]c(C(=O)NC[C@H]2CCN(c3ccccc3)C2)c1Cl. The minimum atomic E-state index is -0.271. The van der Waals surface area contributed by atoms with E-state index >= 15 is 0 Å². The number of nitrogens with zero attached hydrogens (tertiary/aromatic N) is 2. The van der Waals surface area contributed by atoms with Crippen LogP contribution in [0.25, 0.3) is 0 Å². The van der Waals surface area contributed by atoms with Crippen molar-refractivity contribution in [3.63, 3.8) is 0 Å². The second-order valence-electron chi connectivity index (χ2n) is 5.44. The van der Waals surface area contributed by atoms with Crippen molar-refractivity contribution in [2.45, 2.75) is 6.42 Å². The van der Waals surface area contributed by atoms with Gasteiger partial charge in [0.05, 0.1) is 0 Å². The van der Waals surface area contributed by atoms with E-state index in [-0.39, 0.29) is 22.4 Å². The maximum Gasteiger partial charge on any atom is 0.270 e. The van der Waals surface area contributed by atoms with Gasteiger partial charge in [-0.1, -0.05) is 29.8 Å². The minimum absolute atomic E-state index is 0.142. The van der Waals surface area contributed by atoms with Crippen molar-refractivity contribution in [1.82, 2.24) is 15.5 Å². The average Bonchev–Trinajstić information content (AvgIpc) is 3.14. The summed E-state index contributed by atoms with van der Waals surface area (Å²) in [4.78, 5) is 14.4. The summed E-state index contributed by atoms with van der Waals surface area (Å²) in [5.41, 5.74) is 6.96. The van der Waals surface area contributed by atoms with Gasteiger partial charge in [0.1, 0.15) is 10.7 Å². The normalized spacial score (nSPS) is 17.7. The zero-order valence-electron chi connectivity index (χ0n) is 12.1. The van der Waals surface area contributed by atoms with E-state index in [0.29, 0.717) is 12.5 Å². The molecule has 0 spiro atoms. The number of nitrogens with one attached hydrogen (secondary N) is 2. The van der Waals surface area contributed by atoms with Crippen LogP contribution in [-0.2, 0) is 0 Å². The number of rotatable bonds is 4. The molecular weight excluding hydrogens is 302 g/mol. The van der Waals surface area contributed by atoms with E-state index < -0.39 is 0 Å². The van der Waals surface area contributed by atoms with Gasteiger partial charge in [0.15, 0.2) is 5.82 Å². The first kappa shape index (κ1) is 14.7. The van der Waals surface area contributed by atoms with Crippen LogP contribution in [0.4, 0.5) is 11.5 Å². The molecule has 1 aliphatic heterocycles. The van der Waals surface area contributed by atoms with E-state index in [0.717, 1.165) is 19.5 Å². The van der Waals surface area contributed by atoms with E-state index in [4.69, 9.17) is 17.3 Å². The van der Waals surface area contributed by atoms with Gasteiger partial charge in [0.2, 0.25) is 0 Å². The van der Waals surface area contributed by atoms with Crippen LogP contribution in [0.15, 0.2) is 30.3 Å². The number of benzene rings is 1. The van der Waals surface area contributed by atoms with E-state index in [1.54, 1.807) is 0 Å². The number of hydrogen-bond acceptors (Lipinski definition) is 4. The standard InChI is InChI=1S/C15H18ClN5O/c16-12-13(19-20-14(12)17)15(22)18-8-10-6-7-21(9-10)11-4-2-1-3-5-11/h1-5,10H,6-9H2,(H,18,22)(H3,17,19,20)/t10-/m1/s1. The van der Waals surface area contributed by atoms with Crippen molar-refractivity contribution < 1.29 is 4.79 Å². The summed E-state index contributed by atoms with van der Waals surface area (Å²) in [6, 6.07) is 10.3. The summed E-state index contributed by atoms with van der Waals surface area (Å²) in [7, 11) is 0. The zero-order chi connectivity index (χ0) is 15.5. The summed E-state index contributed by atoms with van der Waals surface area (Å²) < 4.78 is 0. The molecule has 1 aromatic carbocycles. The summed E-state index contributed by atoms with van der Waals surface area (Å²) >= 11 is 5.91. The smallest absolute Gasteiger partial charge is 0.270 e. The largest absolute Gasteiger partial charge is 0.381 e. The molecule has 2 heterocycles. The number of H-pyrrole nitrogens is 1. The van der Waals surface area contributed by atoms with Gasteiger partial charge >= 0.3 is 0 Å². The molecule has 0 unspecified atom stereocenters. The van der Waals surface area contributed by atoms with E-state index in [1.165, 1.54) is 5.69 Å². The zero-order valence-corrected chi connectivity index (χ0v) is 12.8. The molecule has 6 nitrogen and oxygen atoms in total. The summed E-state index contributed by atoms with van der Waals surface area (Å²) in [5, 5.41) is 9.34. The Kier molecular flexibility index (Phi) is 4.20. The third kappa shape index (κ3) is 3.01. The van der Waals surface area contributed by atoms with Crippen LogP contribution < -0.4 is 16.0 Å². The van der Waals surface area contributed by atoms with Gasteiger partial charge in [-0.15, -0.1) is 0 Å². The fourth-order valence-corrected chi connectivity index (χ4v) is 2.86. The first-order valence-corrected chi connectivity index (χ1v) is 7.60. The van der Waals surface area contributed by atoms with Crippen LogP contribution in [0.5, 0.6) is 0 Å². The predicted molar refractivity (Wildman–Crippen MR) is 87.1 cm³/mol. The van der Waals surface area contributed by atoms with Crippen LogP contribution in [0.3, 0.4) is 0 Å². The van der Waals surface area contributed by atoms with Crippen LogP contribution in [-0.4, -0.2) is 35.7 Å². The molecule has 116 valence electrons.